The number of nitrogens with zero attached hydrogens (tertiary/aromatic N) is 1. The van der Waals surface area contributed by atoms with Crippen molar-refractivity contribution in [3.05, 3.63) is 29.8 Å². The van der Waals surface area contributed by atoms with Gasteiger partial charge in [-0.25, -0.2) is 0 Å². The molecule has 1 amide bonds. The molecule has 1 heterocycles. The van der Waals surface area contributed by atoms with E-state index in [1.807, 2.05) is 18.0 Å². The molecule has 2 N–H and O–H groups in total. The summed E-state index contributed by atoms with van der Waals surface area (Å²) in [4.78, 5) is 14.0. The first-order valence-electron chi connectivity index (χ1n) is 6.39. The highest BCUT2D eigenvalue weighted by Gasteiger charge is 2.25. The van der Waals surface area contributed by atoms with Gasteiger partial charge in [-0.1, -0.05) is 12.1 Å². The summed E-state index contributed by atoms with van der Waals surface area (Å²) in [6.07, 6.45) is 1.45. The second kappa shape index (κ2) is 5.87. The number of hydrogen-bond acceptors (Lipinski definition) is 3. The molecule has 1 aromatic carbocycles. The number of hydrogen-bond donors (Lipinski definition) is 2. The zero-order chi connectivity index (χ0) is 13.0. The lowest BCUT2D eigenvalue weighted by atomic mass is 10.1. The van der Waals surface area contributed by atoms with Crippen molar-refractivity contribution in [2.24, 2.45) is 5.92 Å². The van der Waals surface area contributed by atoms with Crippen LogP contribution < -0.4 is 5.32 Å². The zero-order valence-corrected chi connectivity index (χ0v) is 10.7. The lowest BCUT2D eigenvalue weighted by Crippen LogP contribution is -2.31. The highest BCUT2D eigenvalue weighted by Crippen LogP contribution is 2.18. The number of rotatable bonds is 4. The normalized spacial score (nSPS) is 19.2. The van der Waals surface area contributed by atoms with E-state index in [0.29, 0.717) is 12.3 Å². The first-order chi connectivity index (χ1) is 8.69. The van der Waals surface area contributed by atoms with Gasteiger partial charge < -0.3 is 15.3 Å². The fourth-order valence-electron chi connectivity index (χ4n) is 2.47. The largest absolute Gasteiger partial charge is 0.508 e. The van der Waals surface area contributed by atoms with Gasteiger partial charge >= 0.3 is 0 Å². The van der Waals surface area contributed by atoms with Crippen LogP contribution in [0, 0.1) is 5.92 Å². The van der Waals surface area contributed by atoms with Crippen molar-refractivity contribution in [2.75, 3.05) is 26.7 Å². The molecular weight excluding hydrogens is 228 g/mol. The van der Waals surface area contributed by atoms with Gasteiger partial charge in [0.2, 0.25) is 5.91 Å². The minimum atomic E-state index is 0.152. The van der Waals surface area contributed by atoms with Crippen molar-refractivity contribution in [1.82, 2.24) is 10.2 Å². The van der Waals surface area contributed by atoms with E-state index in [1.54, 1.807) is 18.2 Å². The van der Waals surface area contributed by atoms with Gasteiger partial charge in [0, 0.05) is 13.1 Å². The molecule has 98 valence electrons. The smallest absolute Gasteiger partial charge is 0.227 e. The Morgan fingerprint density at radius 3 is 3.11 bits per heavy atom. The highest BCUT2D eigenvalue weighted by atomic mass is 16.3. The molecule has 0 aromatic heterocycles. The van der Waals surface area contributed by atoms with E-state index >= 15 is 0 Å². The fourth-order valence-corrected chi connectivity index (χ4v) is 2.47. The molecule has 4 heteroatoms. The van der Waals surface area contributed by atoms with Crippen molar-refractivity contribution < 1.29 is 9.90 Å². The Morgan fingerprint density at radius 1 is 1.56 bits per heavy atom. The first-order valence-corrected chi connectivity index (χ1v) is 6.39. The zero-order valence-electron chi connectivity index (χ0n) is 10.7. The minimum absolute atomic E-state index is 0.152. The van der Waals surface area contributed by atoms with Crippen LogP contribution in [0.1, 0.15) is 12.0 Å². The first kappa shape index (κ1) is 12.9. The van der Waals surface area contributed by atoms with Gasteiger partial charge in [-0.2, -0.15) is 0 Å². The Labute approximate surface area is 108 Å². The van der Waals surface area contributed by atoms with E-state index in [1.165, 1.54) is 0 Å². The van der Waals surface area contributed by atoms with Crippen LogP contribution in [-0.2, 0) is 11.2 Å². The van der Waals surface area contributed by atoms with Gasteiger partial charge in [-0.15, -0.1) is 0 Å². The van der Waals surface area contributed by atoms with Crippen LogP contribution >= 0.6 is 0 Å². The number of likely N-dealkylation sites (tertiary alicyclic amines) is 1. The molecule has 2 rings (SSSR count). The molecule has 1 aliphatic rings. The molecule has 1 aliphatic heterocycles. The number of phenols is 1. The Bertz CT molecular complexity index is 420. The Balaban J connectivity index is 1.89. The second-order valence-electron chi connectivity index (χ2n) is 4.90. The number of aromatic hydroxyl groups is 1. The number of carbonyl (C=O) groups excluding carboxylic acids is 1. The lowest BCUT2D eigenvalue weighted by molar-refractivity contribution is -0.129. The quantitative estimate of drug-likeness (QED) is 0.836. The van der Waals surface area contributed by atoms with E-state index < -0.39 is 0 Å². The van der Waals surface area contributed by atoms with E-state index in [9.17, 15) is 9.90 Å². The number of amides is 1. The summed E-state index contributed by atoms with van der Waals surface area (Å²) in [5, 5.41) is 12.5. The molecule has 0 aliphatic carbocycles. The molecule has 1 aromatic rings. The van der Waals surface area contributed by atoms with E-state index in [-0.39, 0.29) is 11.7 Å². The average Bonchev–Trinajstić information content (AvgIpc) is 2.78. The van der Waals surface area contributed by atoms with E-state index in [4.69, 9.17) is 0 Å². The minimum Gasteiger partial charge on any atom is -0.508 e. The van der Waals surface area contributed by atoms with Gasteiger partial charge in [0.05, 0.1) is 6.42 Å². The predicted molar refractivity (Wildman–Crippen MR) is 70.4 cm³/mol. The monoisotopic (exact) mass is 248 g/mol. The topological polar surface area (TPSA) is 52.6 Å². The van der Waals surface area contributed by atoms with Crippen molar-refractivity contribution in [3.63, 3.8) is 0 Å². The number of carbonyl (C=O) groups is 1. The average molecular weight is 248 g/mol. The molecule has 0 bridgehead atoms. The van der Waals surface area contributed by atoms with Crippen LogP contribution in [0.25, 0.3) is 0 Å². The lowest BCUT2D eigenvalue weighted by Gasteiger charge is -2.16. The molecule has 4 nitrogen and oxygen atoms in total. The van der Waals surface area contributed by atoms with Crippen LogP contribution in [0.2, 0.25) is 0 Å². The Hall–Kier alpha value is -1.55. The third kappa shape index (κ3) is 3.23. The molecule has 0 radical (unpaired) electrons. The number of phenolic OH excluding ortho intramolecular Hbond substituents is 1. The second-order valence-corrected chi connectivity index (χ2v) is 4.90. The molecule has 0 saturated carbocycles. The molecule has 1 unspecified atom stereocenters. The summed E-state index contributed by atoms with van der Waals surface area (Å²) in [5.41, 5.74) is 0.872. The maximum Gasteiger partial charge on any atom is 0.227 e. The van der Waals surface area contributed by atoms with Gasteiger partial charge in [-0.05, 0) is 43.6 Å². The summed E-state index contributed by atoms with van der Waals surface area (Å²) >= 11 is 0. The summed E-state index contributed by atoms with van der Waals surface area (Å²) < 4.78 is 0. The third-order valence-electron chi connectivity index (χ3n) is 3.40. The summed E-state index contributed by atoms with van der Waals surface area (Å²) in [6.45, 7) is 2.67. The van der Waals surface area contributed by atoms with Crippen molar-refractivity contribution in [2.45, 2.75) is 12.8 Å². The molecule has 18 heavy (non-hydrogen) atoms. The SMILES string of the molecule is CNCC1CCN(C(=O)Cc2cccc(O)c2)C1. The Morgan fingerprint density at radius 2 is 2.39 bits per heavy atom. The van der Waals surface area contributed by atoms with Crippen LogP contribution in [0.3, 0.4) is 0 Å². The number of benzene rings is 1. The van der Waals surface area contributed by atoms with Crippen LogP contribution in [0.5, 0.6) is 5.75 Å². The van der Waals surface area contributed by atoms with Crippen molar-refractivity contribution >= 4 is 5.91 Å². The van der Waals surface area contributed by atoms with Crippen LogP contribution in [0.15, 0.2) is 24.3 Å². The molecule has 1 fully saturated rings. The molecule has 1 atom stereocenters. The summed E-state index contributed by atoms with van der Waals surface area (Å²) in [7, 11) is 1.94. The number of nitrogens with one attached hydrogen (secondary N) is 1. The van der Waals surface area contributed by atoms with Crippen LogP contribution in [0.4, 0.5) is 0 Å². The van der Waals surface area contributed by atoms with Crippen molar-refractivity contribution in [3.8, 4) is 5.75 Å². The van der Waals surface area contributed by atoms with Gasteiger partial charge in [-0.3, -0.25) is 4.79 Å². The van der Waals surface area contributed by atoms with Gasteiger partial charge in [0.15, 0.2) is 0 Å². The molecular formula is C14H20N2O2. The van der Waals surface area contributed by atoms with Gasteiger partial charge in [0.25, 0.3) is 0 Å². The molecule has 0 spiro atoms. The fraction of sp³-hybridized carbons (Fsp3) is 0.500. The summed E-state index contributed by atoms with van der Waals surface area (Å²) in [6, 6.07) is 6.91. The highest BCUT2D eigenvalue weighted by molar-refractivity contribution is 5.79. The van der Waals surface area contributed by atoms with E-state index in [2.05, 4.69) is 5.32 Å². The maximum absolute atomic E-state index is 12.1. The Kier molecular flexibility index (Phi) is 4.20. The third-order valence-corrected chi connectivity index (χ3v) is 3.40. The van der Waals surface area contributed by atoms with E-state index in [0.717, 1.165) is 31.6 Å². The van der Waals surface area contributed by atoms with Crippen molar-refractivity contribution in [1.29, 1.82) is 0 Å². The maximum atomic E-state index is 12.1. The predicted octanol–water partition coefficient (Wildman–Crippen LogP) is 1.00. The van der Waals surface area contributed by atoms with Crippen LogP contribution in [-0.4, -0.2) is 42.6 Å². The van der Waals surface area contributed by atoms with Gasteiger partial charge in [0.1, 0.15) is 5.75 Å². The molecule has 1 saturated heterocycles. The standard InChI is InChI=1S/C14H20N2O2/c1-15-9-12-5-6-16(10-12)14(18)8-11-3-2-4-13(17)7-11/h2-4,7,12,15,17H,5-6,8-10H2,1H3. The summed E-state index contributed by atoms with van der Waals surface area (Å²) in [5.74, 6) is 0.942.